The van der Waals surface area contributed by atoms with Gasteiger partial charge in [-0.25, -0.2) is 4.79 Å². The molecule has 0 bridgehead atoms. The molecule has 20 heavy (non-hydrogen) atoms. The zero-order valence-corrected chi connectivity index (χ0v) is 13.7. The number of hydrogen-bond acceptors (Lipinski definition) is 4. The average Bonchev–Trinajstić information content (AvgIpc) is 2.34. The maximum Gasteiger partial charge on any atom is 0.407 e. The van der Waals surface area contributed by atoms with Gasteiger partial charge in [0, 0.05) is 23.2 Å². The van der Waals surface area contributed by atoms with Crippen molar-refractivity contribution in [3.05, 3.63) is 28.7 Å². The van der Waals surface area contributed by atoms with Crippen molar-refractivity contribution >= 4 is 27.7 Å². The van der Waals surface area contributed by atoms with E-state index in [1.807, 2.05) is 45.0 Å². The second kappa shape index (κ2) is 7.50. The van der Waals surface area contributed by atoms with Crippen molar-refractivity contribution in [1.29, 1.82) is 0 Å². The van der Waals surface area contributed by atoms with E-state index in [-0.39, 0.29) is 6.04 Å². The van der Waals surface area contributed by atoms with Gasteiger partial charge in [-0.3, -0.25) is 0 Å². The van der Waals surface area contributed by atoms with Crippen LogP contribution in [0, 0.1) is 0 Å². The molecule has 0 aliphatic heterocycles. The van der Waals surface area contributed by atoms with Crippen molar-refractivity contribution in [2.24, 2.45) is 5.73 Å². The van der Waals surface area contributed by atoms with Gasteiger partial charge in [0.2, 0.25) is 0 Å². The summed E-state index contributed by atoms with van der Waals surface area (Å²) in [5.41, 5.74) is 6.15. The molecule has 6 heteroatoms. The van der Waals surface area contributed by atoms with Gasteiger partial charge in [0.15, 0.2) is 0 Å². The second-order valence-corrected chi connectivity index (χ2v) is 6.38. The monoisotopic (exact) mass is 343 g/mol. The molecule has 0 heterocycles. The van der Waals surface area contributed by atoms with Crippen LogP contribution in [0.1, 0.15) is 20.8 Å². The van der Waals surface area contributed by atoms with Crippen molar-refractivity contribution in [2.45, 2.75) is 32.4 Å². The summed E-state index contributed by atoms with van der Waals surface area (Å²) in [6.45, 7) is 6.29. The summed E-state index contributed by atoms with van der Waals surface area (Å²) in [5, 5.41) is 5.97. The number of benzene rings is 1. The van der Waals surface area contributed by atoms with Crippen LogP contribution in [0.25, 0.3) is 0 Å². The van der Waals surface area contributed by atoms with Crippen LogP contribution in [-0.2, 0) is 4.74 Å². The summed E-state index contributed by atoms with van der Waals surface area (Å²) in [6.07, 6.45) is -0.437. The summed E-state index contributed by atoms with van der Waals surface area (Å²) in [7, 11) is 0. The van der Waals surface area contributed by atoms with Crippen LogP contribution in [0.15, 0.2) is 28.7 Å². The molecule has 1 aromatic carbocycles. The van der Waals surface area contributed by atoms with Gasteiger partial charge < -0.3 is 21.1 Å². The number of anilines is 1. The summed E-state index contributed by atoms with van der Waals surface area (Å²) >= 11 is 3.38. The first kappa shape index (κ1) is 16.8. The van der Waals surface area contributed by atoms with Gasteiger partial charge in [0.1, 0.15) is 5.60 Å². The largest absolute Gasteiger partial charge is 0.444 e. The van der Waals surface area contributed by atoms with Crippen LogP contribution in [0.3, 0.4) is 0 Å². The Hall–Kier alpha value is -1.27. The third-order valence-corrected chi connectivity index (χ3v) is 2.92. The maximum atomic E-state index is 11.6. The minimum Gasteiger partial charge on any atom is -0.444 e. The van der Waals surface area contributed by atoms with Crippen molar-refractivity contribution in [1.82, 2.24) is 5.32 Å². The van der Waals surface area contributed by atoms with Gasteiger partial charge in [-0.2, -0.15) is 0 Å². The fourth-order valence-electron chi connectivity index (χ4n) is 1.50. The Bertz CT molecular complexity index is 429. The SMILES string of the molecule is CC(C)(C)OC(=O)NCC(CN)Nc1ccc(Br)cc1. The van der Waals surface area contributed by atoms with Gasteiger partial charge >= 0.3 is 6.09 Å². The number of rotatable bonds is 5. The molecule has 4 N–H and O–H groups in total. The fourth-order valence-corrected chi connectivity index (χ4v) is 1.76. The van der Waals surface area contributed by atoms with Crippen molar-refractivity contribution < 1.29 is 9.53 Å². The van der Waals surface area contributed by atoms with Crippen molar-refractivity contribution in [3.63, 3.8) is 0 Å². The highest BCUT2D eigenvalue weighted by Gasteiger charge is 2.17. The number of nitrogens with two attached hydrogens (primary N) is 1. The Morgan fingerprint density at radius 1 is 1.35 bits per heavy atom. The lowest BCUT2D eigenvalue weighted by Gasteiger charge is -2.22. The minimum atomic E-state index is -0.499. The molecule has 0 saturated carbocycles. The smallest absolute Gasteiger partial charge is 0.407 e. The van der Waals surface area contributed by atoms with Crippen LogP contribution in [-0.4, -0.2) is 30.8 Å². The van der Waals surface area contributed by atoms with Crippen molar-refractivity contribution in [3.8, 4) is 0 Å². The summed E-state index contributed by atoms with van der Waals surface area (Å²) in [6, 6.07) is 7.72. The quantitative estimate of drug-likeness (QED) is 0.768. The molecule has 0 fully saturated rings. The van der Waals surface area contributed by atoms with Crippen LogP contribution < -0.4 is 16.4 Å². The number of carbonyl (C=O) groups is 1. The highest BCUT2D eigenvalue weighted by molar-refractivity contribution is 9.10. The van der Waals surface area contributed by atoms with Gasteiger partial charge in [-0.15, -0.1) is 0 Å². The van der Waals surface area contributed by atoms with Crippen LogP contribution in [0.2, 0.25) is 0 Å². The Morgan fingerprint density at radius 3 is 2.45 bits per heavy atom. The summed E-state index contributed by atoms with van der Waals surface area (Å²) in [4.78, 5) is 11.6. The molecule has 1 amide bonds. The molecular weight excluding hydrogens is 322 g/mol. The number of halogens is 1. The van der Waals surface area contributed by atoms with E-state index in [0.29, 0.717) is 13.1 Å². The molecule has 0 aliphatic rings. The average molecular weight is 344 g/mol. The first-order chi connectivity index (χ1) is 9.30. The normalized spacial score (nSPS) is 12.7. The fraction of sp³-hybridized carbons (Fsp3) is 0.500. The first-order valence-electron chi connectivity index (χ1n) is 6.49. The number of nitrogens with one attached hydrogen (secondary N) is 2. The Morgan fingerprint density at radius 2 is 1.95 bits per heavy atom. The van der Waals surface area contributed by atoms with Gasteiger partial charge in [0.05, 0.1) is 6.04 Å². The molecule has 112 valence electrons. The van der Waals surface area contributed by atoms with Gasteiger partial charge in [0.25, 0.3) is 0 Å². The number of amides is 1. The molecule has 1 atom stereocenters. The van der Waals surface area contributed by atoms with E-state index in [1.54, 1.807) is 0 Å². The van der Waals surface area contributed by atoms with Crippen LogP contribution in [0.4, 0.5) is 10.5 Å². The van der Waals surface area contributed by atoms with E-state index in [9.17, 15) is 4.79 Å². The molecule has 1 rings (SSSR count). The lowest BCUT2D eigenvalue weighted by molar-refractivity contribution is 0.0526. The predicted molar refractivity (Wildman–Crippen MR) is 84.8 cm³/mol. The molecule has 0 saturated heterocycles. The van der Waals surface area contributed by atoms with Gasteiger partial charge in [-0.1, -0.05) is 15.9 Å². The topological polar surface area (TPSA) is 76.4 Å². The van der Waals surface area contributed by atoms with Gasteiger partial charge in [-0.05, 0) is 45.0 Å². The van der Waals surface area contributed by atoms with E-state index in [4.69, 9.17) is 10.5 Å². The predicted octanol–water partition coefficient (Wildman–Crippen LogP) is 2.71. The highest BCUT2D eigenvalue weighted by atomic mass is 79.9. The van der Waals surface area contributed by atoms with Crippen LogP contribution >= 0.6 is 15.9 Å². The zero-order chi connectivity index (χ0) is 15.2. The number of alkyl carbamates (subject to hydrolysis) is 1. The number of ether oxygens (including phenoxy) is 1. The Labute approximate surface area is 128 Å². The van der Waals surface area contributed by atoms with E-state index in [2.05, 4.69) is 26.6 Å². The molecule has 5 nitrogen and oxygen atoms in total. The molecule has 0 aliphatic carbocycles. The molecule has 0 aromatic heterocycles. The van der Waals surface area contributed by atoms with Crippen molar-refractivity contribution in [2.75, 3.05) is 18.4 Å². The van der Waals surface area contributed by atoms with E-state index in [0.717, 1.165) is 10.2 Å². The lowest BCUT2D eigenvalue weighted by atomic mass is 10.2. The first-order valence-corrected chi connectivity index (χ1v) is 7.28. The van der Waals surface area contributed by atoms with E-state index < -0.39 is 11.7 Å². The molecule has 0 radical (unpaired) electrons. The molecule has 1 aromatic rings. The number of hydrogen-bond donors (Lipinski definition) is 3. The zero-order valence-electron chi connectivity index (χ0n) is 12.1. The third kappa shape index (κ3) is 6.77. The highest BCUT2D eigenvalue weighted by Crippen LogP contribution is 2.14. The Kier molecular flexibility index (Phi) is 6.29. The third-order valence-electron chi connectivity index (χ3n) is 2.39. The minimum absolute atomic E-state index is 0.0521. The second-order valence-electron chi connectivity index (χ2n) is 5.47. The standard InChI is InChI=1S/C14H22BrN3O2/c1-14(2,3)20-13(19)17-9-12(8-16)18-11-6-4-10(15)5-7-11/h4-7,12,18H,8-9,16H2,1-3H3,(H,17,19). The van der Waals surface area contributed by atoms with E-state index >= 15 is 0 Å². The Balaban J connectivity index is 2.43. The summed E-state index contributed by atoms with van der Waals surface area (Å²) < 4.78 is 6.19. The van der Waals surface area contributed by atoms with Crippen LogP contribution in [0.5, 0.6) is 0 Å². The summed E-state index contributed by atoms with van der Waals surface area (Å²) in [5.74, 6) is 0. The molecule has 1 unspecified atom stereocenters. The molecular formula is C14H22BrN3O2. The molecule has 0 spiro atoms. The number of carbonyl (C=O) groups excluding carboxylic acids is 1. The van der Waals surface area contributed by atoms with E-state index in [1.165, 1.54) is 0 Å². The lowest BCUT2D eigenvalue weighted by Crippen LogP contribution is -2.42. The maximum absolute atomic E-state index is 11.6.